The Bertz CT molecular complexity index is 369. The summed E-state index contributed by atoms with van der Waals surface area (Å²) >= 11 is 0. The van der Waals surface area contributed by atoms with Gasteiger partial charge in [-0.05, 0) is 63.6 Å². The minimum atomic E-state index is -3.04. The molecule has 5 heteroatoms. The number of rotatable bonds is 7. The van der Waals surface area contributed by atoms with E-state index in [0.29, 0.717) is 24.1 Å². The van der Waals surface area contributed by atoms with Crippen molar-refractivity contribution in [2.45, 2.75) is 51.9 Å². The van der Waals surface area contributed by atoms with Gasteiger partial charge in [-0.3, -0.25) is 0 Å². The molecule has 0 unspecified atom stereocenters. The second-order valence-corrected chi connectivity index (χ2v) is 8.34. The van der Waals surface area contributed by atoms with Crippen LogP contribution in [0.1, 0.15) is 51.9 Å². The van der Waals surface area contributed by atoms with Gasteiger partial charge in [0.1, 0.15) is 0 Å². The molecule has 0 aromatic heterocycles. The first-order valence-electron chi connectivity index (χ1n) is 8.28. The van der Waals surface area contributed by atoms with Crippen LogP contribution in [0, 0.1) is 11.8 Å². The monoisotopic (exact) mass is 302 g/mol. The average molecular weight is 302 g/mol. The molecule has 0 aromatic rings. The van der Waals surface area contributed by atoms with E-state index in [2.05, 4.69) is 16.5 Å². The Labute approximate surface area is 124 Å². The van der Waals surface area contributed by atoms with Gasteiger partial charge in [0.15, 0.2) is 0 Å². The van der Waals surface area contributed by atoms with Crippen molar-refractivity contribution in [3.63, 3.8) is 0 Å². The Morgan fingerprint density at radius 2 is 1.70 bits per heavy atom. The first-order valence-corrected chi connectivity index (χ1v) is 9.94. The minimum absolute atomic E-state index is 0.348. The molecule has 20 heavy (non-hydrogen) atoms. The summed E-state index contributed by atoms with van der Waals surface area (Å²) in [6, 6.07) is 0. The van der Waals surface area contributed by atoms with E-state index in [-0.39, 0.29) is 0 Å². The zero-order chi connectivity index (χ0) is 14.4. The SMILES string of the molecule is CCN1CCC(CCNS(=O)(=O)CC2CCCC2)CC1. The fourth-order valence-corrected chi connectivity index (χ4v) is 5.06. The van der Waals surface area contributed by atoms with Crippen molar-refractivity contribution in [2.24, 2.45) is 11.8 Å². The molecule has 0 spiro atoms. The van der Waals surface area contributed by atoms with Crippen LogP contribution in [0.15, 0.2) is 0 Å². The van der Waals surface area contributed by atoms with Crippen molar-refractivity contribution >= 4 is 10.0 Å². The summed E-state index contributed by atoms with van der Waals surface area (Å²) in [6.45, 7) is 6.33. The standard InChI is InChI=1S/C15H30N2O2S/c1-2-17-11-8-14(9-12-17)7-10-16-20(18,19)13-15-5-3-4-6-15/h14-16H,2-13H2,1H3. The van der Waals surface area contributed by atoms with E-state index in [1.54, 1.807) is 0 Å². The van der Waals surface area contributed by atoms with Crippen LogP contribution in [0.4, 0.5) is 0 Å². The molecular formula is C15H30N2O2S. The van der Waals surface area contributed by atoms with Crippen LogP contribution in [0.25, 0.3) is 0 Å². The Hall–Kier alpha value is -0.130. The van der Waals surface area contributed by atoms with Crippen LogP contribution >= 0.6 is 0 Å². The topological polar surface area (TPSA) is 49.4 Å². The zero-order valence-corrected chi connectivity index (χ0v) is 13.6. The molecule has 0 aromatic carbocycles. The van der Waals surface area contributed by atoms with Crippen LogP contribution in [-0.4, -0.2) is 45.2 Å². The van der Waals surface area contributed by atoms with Crippen LogP contribution in [0.3, 0.4) is 0 Å². The zero-order valence-electron chi connectivity index (χ0n) is 12.8. The summed E-state index contributed by atoms with van der Waals surface area (Å²) in [7, 11) is -3.04. The van der Waals surface area contributed by atoms with Gasteiger partial charge >= 0.3 is 0 Å². The molecule has 2 aliphatic rings. The first-order chi connectivity index (χ1) is 9.59. The molecular weight excluding hydrogens is 272 g/mol. The Morgan fingerprint density at radius 1 is 1.05 bits per heavy atom. The lowest BCUT2D eigenvalue weighted by molar-refractivity contribution is 0.187. The lowest BCUT2D eigenvalue weighted by atomic mass is 9.94. The maximum Gasteiger partial charge on any atom is 0.211 e. The van der Waals surface area contributed by atoms with Gasteiger partial charge < -0.3 is 4.90 Å². The van der Waals surface area contributed by atoms with Gasteiger partial charge in [-0.1, -0.05) is 19.8 Å². The number of piperidine rings is 1. The maximum atomic E-state index is 12.0. The van der Waals surface area contributed by atoms with Crippen LogP contribution in [0.5, 0.6) is 0 Å². The quantitative estimate of drug-likeness (QED) is 0.784. The summed E-state index contributed by atoms with van der Waals surface area (Å²) in [5, 5.41) is 0. The van der Waals surface area contributed by atoms with Gasteiger partial charge in [-0.15, -0.1) is 0 Å². The third-order valence-electron chi connectivity index (χ3n) is 4.96. The van der Waals surface area contributed by atoms with Crippen molar-refractivity contribution in [3.8, 4) is 0 Å². The predicted octanol–water partition coefficient (Wildman–Crippen LogP) is 2.22. The second-order valence-electron chi connectivity index (χ2n) is 6.49. The fourth-order valence-electron chi connectivity index (χ4n) is 3.56. The lowest BCUT2D eigenvalue weighted by Gasteiger charge is -2.31. The number of hydrogen-bond donors (Lipinski definition) is 1. The highest BCUT2D eigenvalue weighted by Crippen LogP contribution is 2.25. The van der Waals surface area contributed by atoms with E-state index < -0.39 is 10.0 Å². The fraction of sp³-hybridized carbons (Fsp3) is 1.00. The molecule has 1 aliphatic heterocycles. The summed E-state index contributed by atoms with van der Waals surface area (Å²) < 4.78 is 26.8. The molecule has 1 saturated heterocycles. The van der Waals surface area contributed by atoms with E-state index >= 15 is 0 Å². The number of nitrogens with one attached hydrogen (secondary N) is 1. The number of sulfonamides is 1. The van der Waals surface area contributed by atoms with Gasteiger partial charge in [-0.2, -0.15) is 0 Å². The van der Waals surface area contributed by atoms with Crippen molar-refractivity contribution in [1.29, 1.82) is 0 Å². The van der Waals surface area contributed by atoms with Crippen molar-refractivity contribution in [2.75, 3.05) is 31.9 Å². The number of nitrogens with zero attached hydrogens (tertiary/aromatic N) is 1. The van der Waals surface area contributed by atoms with Crippen molar-refractivity contribution in [1.82, 2.24) is 9.62 Å². The van der Waals surface area contributed by atoms with Gasteiger partial charge in [0.25, 0.3) is 0 Å². The number of hydrogen-bond acceptors (Lipinski definition) is 3. The highest BCUT2D eigenvalue weighted by molar-refractivity contribution is 7.89. The Balaban J connectivity index is 1.62. The van der Waals surface area contributed by atoms with Crippen molar-refractivity contribution in [3.05, 3.63) is 0 Å². The van der Waals surface area contributed by atoms with Gasteiger partial charge in [0, 0.05) is 6.54 Å². The molecule has 0 bridgehead atoms. The molecule has 1 saturated carbocycles. The molecule has 2 rings (SSSR count). The smallest absolute Gasteiger partial charge is 0.211 e. The molecule has 0 radical (unpaired) electrons. The Morgan fingerprint density at radius 3 is 2.30 bits per heavy atom. The van der Waals surface area contributed by atoms with E-state index in [9.17, 15) is 8.42 Å². The van der Waals surface area contributed by atoms with E-state index in [0.717, 1.165) is 25.8 Å². The highest BCUT2D eigenvalue weighted by atomic mass is 32.2. The minimum Gasteiger partial charge on any atom is -0.304 e. The lowest BCUT2D eigenvalue weighted by Crippen LogP contribution is -2.35. The van der Waals surface area contributed by atoms with Gasteiger partial charge in [0.2, 0.25) is 10.0 Å². The molecule has 1 heterocycles. The molecule has 0 atom stereocenters. The number of likely N-dealkylation sites (tertiary alicyclic amines) is 1. The second kappa shape index (κ2) is 7.76. The molecule has 0 amide bonds. The molecule has 118 valence electrons. The van der Waals surface area contributed by atoms with Crippen LogP contribution < -0.4 is 4.72 Å². The summed E-state index contributed by atoms with van der Waals surface area (Å²) in [4.78, 5) is 2.47. The average Bonchev–Trinajstić information content (AvgIpc) is 2.91. The van der Waals surface area contributed by atoms with Crippen LogP contribution in [0.2, 0.25) is 0 Å². The molecule has 1 aliphatic carbocycles. The first kappa shape index (κ1) is 16.2. The van der Waals surface area contributed by atoms with Gasteiger partial charge in [0.05, 0.1) is 5.75 Å². The summed E-state index contributed by atoms with van der Waals surface area (Å²) in [5.41, 5.74) is 0. The normalized spacial score (nSPS) is 23.4. The third-order valence-corrected chi connectivity index (χ3v) is 6.51. The summed E-state index contributed by atoms with van der Waals surface area (Å²) in [6.07, 6.45) is 8.04. The van der Waals surface area contributed by atoms with Crippen LogP contribution in [-0.2, 0) is 10.0 Å². The Kier molecular flexibility index (Phi) is 6.30. The largest absolute Gasteiger partial charge is 0.304 e. The summed E-state index contributed by atoms with van der Waals surface area (Å²) in [5.74, 6) is 1.45. The molecule has 2 fully saturated rings. The third kappa shape index (κ3) is 5.34. The van der Waals surface area contributed by atoms with Gasteiger partial charge in [-0.25, -0.2) is 13.1 Å². The predicted molar refractivity (Wildman–Crippen MR) is 83.2 cm³/mol. The van der Waals surface area contributed by atoms with E-state index in [1.807, 2.05) is 0 Å². The van der Waals surface area contributed by atoms with Crippen molar-refractivity contribution < 1.29 is 8.42 Å². The van der Waals surface area contributed by atoms with E-state index in [1.165, 1.54) is 38.8 Å². The maximum absolute atomic E-state index is 12.0. The molecule has 1 N–H and O–H groups in total. The van der Waals surface area contributed by atoms with E-state index in [4.69, 9.17) is 0 Å². The molecule has 4 nitrogen and oxygen atoms in total. The highest BCUT2D eigenvalue weighted by Gasteiger charge is 2.23.